The molecule has 0 saturated carbocycles. The molecule has 0 aliphatic rings. The van der Waals surface area contributed by atoms with Crippen molar-refractivity contribution in [1.29, 1.82) is 0 Å². The van der Waals surface area contributed by atoms with E-state index in [1.54, 1.807) is 43.3 Å². The van der Waals surface area contributed by atoms with E-state index in [1.807, 2.05) is 19.1 Å². The molecule has 3 nitrogen and oxygen atoms in total. The lowest BCUT2D eigenvalue weighted by molar-refractivity contribution is -0.130. The van der Waals surface area contributed by atoms with Crippen molar-refractivity contribution in [2.75, 3.05) is 0 Å². The van der Waals surface area contributed by atoms with Gasteiger partial charge in [0.05, 0.1) is 5.56 Å². The second-order valence-electron chi connectivity index (χ2n) is 4.86. The van der Waals surface area contributed by atoms with Gasteiger partial charge in [0.15, 0.2) is 5.78 Å². The number of hydrogen-bond acceptors (Lipinski definition) is 3. The van der Waals surface area contributed by atoms with Gasteiger partial charge in [0.25, 0.3) is 0 Å². The SMILES string of the molecule is C=C(C)C(=O)Oc1cc(C)ccc1C(=O)c1ccccc1. The summed E-state index contributed by atoms with van der Waals surface area (Å²) in [5, 5.41) is 0. The van der Waals surface area contributed by atoms with Crippen molar-refractivity contribution in [1.82, 2.24) is 0 Å². The van der Waals surface area contributed by atoms with E-state index in [4.69, 9.17) is 4.74 Å². The summed E-state index contributed by atoms with van der Waals surface area (Å²) in [6.45, 7) is 6.98. The Bertz CT molecular complexity index is 700. The maximum atomic E-state index is 12.5. The molecule has 2 aromatic rings. The lowest BCUT2D eigenvalue weighted by atomic mass is 10.0. The van der Waals surface area contributed by atoms with Crippen molar-refractivity contribution in [3.63, 3.8) is 0 Å². The molecular weight excluding hydrogens is 264 g/mol. The predicted octanol–water partition coefficient (Wildman–Crippen LogP) is 3.71. The van der Waals surface area contributed by atoms with Crippen molar-refractivity contribution in [2.45, 2.75) is 13.8 Å². The van der Waals surface area contributed by atoms with Crippen LogP contribution in [0.1, 0.15) is 28.4 Å². The zero-order valence-electron chi connectivity index (χ0n) is 12.1. The highest BCUT2D eigenvalue weighted by Crippen LogP contribution is 2.24. The third-order valence-corrected chi connectivity index (χ3v) is 2.97. The molecule has 0 heterocycles. The monoisotopic (exact) mass is 280 g/mol. The predicted molar refractivity (Wildman–Crippen MR) is 81.5 cm³/mol. The minimum atomic E-state index is -0.539. The fourth-order valence-corrected chi connectivity index (χ4v) is 1.83. The van der Waals surface area contributed by atoms with Gasteiger partial charge < -0.3 is 4.74 Å². The van der Waals surface area contributed by atoms with Crippen LogP contribution < -0.4 is 4.74 Å². The van der Waals surface area contributed by atoms with Crippen LogP contribution in [-0.2, 0) is 4.79 Å². The Morgan fingerprint density at radius 2 is 1.71 bits per heavy atom. The normalized spacial score (nSPS) is 10.0. The summed E-state index contributed by atoms with van der Waals surface area (Å²) in [7, 11) is 0. The van der Waals surface area contributed by atoms with E-state index >= 15 is 0 Å². The minimum absolute atomic E-state index is 0.180. The molecule has 0 bridgehead atoms. The number of ketones is 1. The van der Waals surface area contributed by atoms with E-state index in [-0.39, 0.29) is 17.1 Å². The zero-order valence-corrected chi connectivity index (χ0v) is 12.1. The van der Waals surface area contributed by atoms with E-state index < -0.39 is 5.97 Å². The summed E-state index contributed by atoms with van der Waals surface area (Å²) in [4.78, 5) is 24.2. The van der Waals surface area contributed by atoms with Crippen LogP contribution in [0.4, 0.5) is 0 Å². The smallest absolute Gasteiger partial charge is 0.338 e. The second kappa shape index (κ2) is 6.18. The van der Waals surface area contributed by atoms with Gasteiger partial charge >= 0.3 is 5.97 Å². The topological polar surface area (TPSA) is 43.4 Å². The maximum Gasteiger partial charge on any atom is 0.338 e. The standard InChI is InChI=1S/C18H16O3/c1-12(2)18(20)21-16-11-13(3)9-10-15(16)17(19)14-7-5-4-6-8-14/h4-11H,1H2,2-3H3. The van der Waals surface area contributed by atoms with Crippen molar-refractivity contribution < 1.29 is 14.3 Å². The first-order valence-electron chi connectivity index (χ1n) is 6.57. The Morgan fingerprint density at radius 1 is 1.05 bits per heavy atom. The number of benzene rings is 2. The Morgan fingerprint density at radius 3 is 2.33 bits per heavy atom. The number of hydrogen-bond donors (Lipinski definition) is 0. The van der Waals surface area contributed by atoms with Crippen LogP contribution in [0.2, 0.25) is 0 Å². The Hall–Kier alpha value is -2.68. The Kier molecular flexibility index (Phi) is 4.33. The third kappa shape index (κ3) is 3.45. The molecule has 0 unspecified atom stereocenters. The number of ether oxygens (including phenoxy) is 1. The summed E-state index contributed by atoms with van der Waals surface area (Å²) in [5.74, 6) is -0.459. The maximum absolute atomic E-state index is 12.5. The second-order valence-corrected chi connectivity index (χ2v) is 4.86. The lowest BCUT2D eigenvalue weighted by Crippen LogP contribution is -2.12. The van der Waals surface area contributed by atoms with Crippen LogP contribution in [0.25, 0.3) is 0 Å². The van der Waals surface area contributed by atoms with Gasteiger partial charge in [-0.15, -0.1) is 0 Å². The average Bonchev–Trinajstić information content (AvgIpc) is 2.47. The summed E-state index contributed by atoms with van der Waals surface area (Å²) >= 11 is 0. The van der Waals surface area contributed by atoms with E-state index in [0.29, 0.717) is 11.1 Å². The van der Waals surface area contributed by atoms with Gasteiger partial charge in [0.1, 0.15) is 5.75 Å². The molecule has 0 saturated heterocycles. The van der Waals surface area contributed by atoms with Crippen molar-refractivity contribution in [3.05, 3.63) is 77.4 Å². The molecule has 0 aliphatic carbocycles. The fraction of sp³-hybridized carbons (Fsp3) is 0.111. The number of carbonyl (C=O) groups excluding carboxylic acids is 2. The summed E-state index contributed by atoms with van der Waals surface area (Å²) < 4.78 is 5.27. The zero-order chi connectivity index (χ0) is 15.4. The van der Waals surface area contributed by atoms with Gasteiger partial charge in [-0.25, -0.2) is 4.79 Å². The fourth-order valence-electron chi connectivity index (χ4n) is 1.83. The first-order chi connectivity index (χ1) is 9.99. The molecule has 0 N–H and O–H groups in total. The van der Waals surface area contributed by atoms with Gasteiger partial charge in [-0.1, -0.05) is 43.0 Å². The van der Waals surface area contributed by atoms with E-state index in [1.165, 1.54) is 0 Å². The first kappa shape index (κ1) is 14.7. The highest BCUT2D eigenvalue weighted by atomic mass is 16.5. The Balaban J connectivity index is 2.42. The average molecular weight is 280 g/mol. The summed E-state index contributed by atoms with van der Waals surface area (Å²) in [5.41, 5.74) is 2.11. The summed E-state index contributed by atoms with van der Waals surface area (Å²) in [6.07, 6.45) is 0. The molecule has 106 valence electrons. The van der Waals surface area contributed by atoms with Gasteiger partial charge in [0.2, 0.25) is 0 Å². The van der Waals surface area contributed by atoms with Gasteiger partial charge in [-0.3, -0.25) is 4.79 Å². The molecule has 0 aliphatic heterocycles. The molecule has 0 fully saturated rings. The van der Waals surface area contributed by atoms with E-state index in [0.717, 1.165) is 5.56 Å². The molecule has 0 atom stereocenters. The largest absolute Gasteiger partial charge is 0.422 e. The highest BCUT2D eigenvalue weighted by Gasteiger charge is 2.17. The van der Waals surface area contributed by atoms with Gasteiger partial charge in [0, 0.05) is 11.1 Å². The van der Waals surface area contributed by atoms with Crippen molar-refractivity contribution in [2.24, 2.45) is 0 Å². The lowest BCUT2D eigenvalue weighted by Gasteiger charge is -2.10. The Labute approximate surface area is 123 Å². The molecule has 2 aromatic carbocycles. The number of rotatable bonds is 4. The van der Waals surface area contributed by atoms with E-state index in [2.05, 4.69) is 6.58 Å². The van der Waals surface area contributed by atoms with Gasteiger partial charge in [-0.05, 0) is 31.5 Å². The van der Waals surface area contributed by atoms with Crippen LogP contribution in [0.3, 0.4) is 0 Å². The third-order valence-electron chi connectivity index (χ3n) is 2.97. The molecule has 3 heteroatoms. The minimum Gasteiger partial charge on any atom is -0.422 e. The molecule has 0 spiro atoms. The highest BCUT2D eigenvalue weighted by molar-refractivity contribution is 6.11. The van der Waals surface area contributed by atoms with Gasteiger partial charge in [-0.2, -0.15) is 0 Å². The summed E-state index contributed by atoms with van der Waals surface area (Å²) in [6, 6.07) is 14.0. The van der Waals surface area contributed by atoms with Crippen LogP contribution in [0, 0.1) is 6.92 Å². The molecule has 21 heavy (non-hydrogen) atoms. The molecule has 2 rings (SSSR count). The first-order valence-corrected chi connectivity index (χ1v) is 6.57. The van der Waals surface area contributed by atoms with E-state index in [9.17, 15) is 9.59 Å². The van der Waals surface area contributed by atoms with Crippen molar-refractivity contribution >= 4 is 11.8 Å². The number of aryl methyl sites for hydroxylation is 1. The number of esters is 1. The molecule has 0 amide bonds. The molecular formula is C18H16O3. The molecule has 0 radical (unpaired) electrons. The van der Waals surface area contributed by atoms with Crippen molar-refractivity contribution in [3.8, 4) is 5.75 Å². The van der Waals surface area contributed by atoms with Crippen LogP contribution in [0.5, 0.6) is 5.75 Å². The quantitative estimate of drug-likeness (QED) is 0.371. The molecule has 0 aromatic heterocycles. The van der Waals surface area contributed by atoms with Crippen LogP contribution in [-0.4, -0.2) is 11.8 Å². The van der Waals surface area contributed by atoms with Crippen LogP contribution >= 0.6 is 0 Å². The number of carbonyl (C=O) groups is 2. The van der Waals surface area contributed by atoms with Crippen LogP contribution in [0.15, 0.2) is 60.7 Å².